The molecule has 8 nitrogen and oxygen atoms in total. The second kappa shape index (κ2) is 7.19. The van der Waals surface area contributed by atoms with Crippen LogP contribution in [0.25, 0.3) is 16.7 Å². The number of nitrogens with zero attached hydrogens (tertiary/aromatic N) is 3. The van der Waals surface area contributed by atoms with Crippen molar-refractivity contribution in [2.75, 3.05) is 0 Å². The average molecular weight is 417 g/mol. The zero-order valence-corrected chi connectivity index (χ0v) is 16.7. The van der Waals surface area contributed by atoms with Crippen LogP contribution in [0.2, 0.25) is 0 Å². The quantitative estimate of drug-likeness (QED) is 0.678. The molecule has 158 valence electrons. The largest absolute Gasteiger partial charge is 0.444 e. The molecule has 2 aromatic heterocycles. The number of carbonyl (C=O) groups excluding carboxylic acids is 1. The smallest absolute Gasteiger partial charge is 0.408 e. The van der Waals surface area contributed by atoms with E-state index < -0.39 is 40.3 Å². The van der Waals surface area contributed by atoms with Gasteiger partial charge in [-0.3, -0.25) is 9.89 Å². The van der Waals surface area contributed by atoms with Gasteiger partial charge in [-0.05, 0) is 51.7 Å². The number of carbonyl (C=O) groups is 1. The van der Waals surface area contributed by atoms with E-state index >= 15 is 0 Å². The summed E-state index contributed by atoms with van der Waals surface area (Å²) in [6.07, 6.45) is 2.29. The zero-order valence-electron chi connectivity index (χ0n) is 16.7. The minimum absolute atomic E-state index is 0.0207. The van der Waals surface area contributed by atoms with Gasteiger partial charge in [-0.2, -0.15) is 5.10 Å². The summed E-state index contributed by atoms with van der Waals surface area (Å²) in [6.45, 7) is 5.18. The molecule has 1 amide bonds. The molecule has 0 radical (unpaired) electrons. The summed E-state index contributed by atoms with van der Waals surface area (Å²) in [6, 6.07) is 2.58. The van der Waals surface area contributed by atoms with Gasteiger partial charge in [0.15, 0.2) is 0 Å². The third-order valence-electron chi connectivity index (χ3n) is 4.72. The first-order chi connectivity index (χ1) is 14.2. The number of hydrogen-bond donors (Lipinski definition) is 2. The minimum Gasteiger partial charge on any atom is -0.444 e. The molecule has 0 saturated heterocycles. The Hall–Kier alpha value is -3.30. The highest BCUT2D eigenvalue weighted by Crippen LogP contribution is 2.41. The summed E-state index contributed by atoms with van der Waals surface area (Å²) in [5.74, 6) is -1.42. The summed E-state index contributed by atoms with van der Waals surface area (Å²) in [7, 11) is 0. The SMILES string of the molecule is CC(C)(C)OC(=O)N[C@H](c1nc2c(F)ccc(F)c2c(=O)n1-c1ccn[nH]1)C1CC1. The molecule has 0 spiro atoms. The number of rotatable bonds is 4. The average Bonchev–Trinajstić information content (AvgIpc) is 3.35. The van der Waals surface area contributed by atoms with Crippen LogP contribution in [0, 0.1) is 17.6 Å². The number of H-pyrrole nitrogens is 1. The van der Waals surface area contributed by atoms with Gasteiger partial charge in [-0.1, -0.05) is 0 Å². The van der Waals surface area contributed by atoms with Crippen LogP contribution in [-0.2, 0) is 4.74 Å². The molecule has 1 atom stereocenters. The van der Waals surface area contributed by atoms with Crippen molar-refractivity contribution in [2.24, 2.45) is 5.92 Å². The molecule has 0 unspecified atom stereocenters. The third kappa shape index (κ3) is 3.77. The molecule has 1 aliphatic rings. The van der Waals surface area contributed by atoms with E-state index in [2.05, 4.69) is 20.5 Å². The molecule has 0 aliphatic heterocycles. The van der Waals surface area contributed by atoms with Crippen LogP contribution in [0.5, 0.6) is 0 Å². The number of halogens is 2. The van der Waals surface area contributed by atoms with Crippen LogP contribution in [-0.4, -0.2) is 31.4 Å². The van der Waals surface area contributed by atoms with E-state index in [1.165, 1.54) is 12.3 Å². The fourth-order valence-corrected chi connectivity index (χ4v) is 3.31. The molecular weight excluding hydrogens is 396 g/mol. The topological polar surface area (TPSA) is 102 Å². The van der Waals surface area contributed by atoms with Gasteiger partial charge < -0.3 is 10.1 Å². The molecule has 2 N–H and O–H groups in total. The second-order valence-electron chi connectivity index (χ2n) is 8.27. The fourth-order valence-electron chi connectivity index (χ4n) is 3.31. The molecule has 30 heavy (non-hydrogen) atoms. The third-order valence-corrected chi connectivity index (χ3v) is 4.72. The second-order valence-corrected chi connectivity index (χ2v) is 8.27. The van der Waals surface area contributed by atoms with Crippen molar-refractivity contribution in [2.45, 2.75) is 45.3 Å². The van der Waals surface area contributed by atoms with Crippen LogP contribution in [0.15, 0.2) is 29.2 Å². The molecule has 3 aromatic rings. The van der Waals surface area contributed by atoms with Crippen LogP contribution >= 0.6 is 0 Å². The van der Waals surface area contributed by atoms with E-state index in [0.29, 0.717) is 0 Å². The van der Waals surface area contributed by atoms with E-state index in [1.807, 2.05) is 0 Å². The van der Waals surface area contributed by atoms with Crippen LogP contribution in [0.1, 0.15) is 45.5 Å². The van der Waals surface area contributed by atoms with Crippen molar-refractivity contribution in [1.29, 1.82) is 0 Å². The van der Waals surface area contributed by atoms with Gasteiger partial charge in [0.05, 0.1) is 12.2 Å². The summed E-state index contributed by atoms with van der Waals surface area (Å²) >= 11 is 0. The standard InChI is InChI=1S/C20H21F2N5O3/c1-20(2,3)30-19(29)25-15(10-4-5-10)17-24-16-12(22)7-6-11(21)14(16)18(28)27(17)13-8-9-23-26-13/h6-10,15H,4-5H2,1-3H3,(H,23,26)(H,25,29)/t15-/m0/s1. The van der Waals surface area contributed by atoms with Crippen molar-refractivity contribution < 1.29 is 18.3 Å². The Morgan fingerprint density at radius 1 is 1.27 bits per heavy atom. The van der Waals surface area contributed by atoms with Gasteiger partial charge >= 0.3 is 6.09 Å². The van der Waals surface area contributed by atoms with Gasteiger partial charge in [-0.15, -0.1) is 0 Å². The number of benzene rings is 1. The lowest BCUT2D eigenvalue weighted by Crippen LogP contribution is -2.39. The van der Waals surface area contributed by atoms with Gasteiger partial charge in [0, 0.05) is 6.07 Å². The molecule has 10 heteroatoms. The molecule has 2 heterocycles. The molecule has 1 aromatic carbocycles. The van der Waals surface area contributed by atoms with E-state index in [4.69, 9.17) is 4.74 Å². The van der Waals surface area contributed by atoms with Gasteiger partial charge in [0.1, 0.15) is 39.8 Å². The maximum atomic E-state index is 14.5. The summed E-state index contributed by atoms with van der Waals surface area (Å²) in [5, 5.41) is 8.76. The van der Waals surface area contributed by atoms with Crippen molar-refractivity contribution in [1.82, 2.24) is 25.1 Å². The van der Waals surface area contributed by atoms with E-state index in [9.17, 15) is 18.4 Å². The Bertz CT molecular complexity index is 1160. The van der Waals surface area contributed by atoms with Gasteiger partial charge in [0.2, 0.25) is 0 Å². The first-order valence-electron chi connectivity index (χ1n) is 9.55. The number of amides is 1. The Morgan fingerprint density at radius 2 is 1.97 bits per heavy atom. The Balaban J connectivity index is 1.92. The highest BCUT2D eigenvalue weighted by Gasteiger charge is 2.38. The Kier molecular flexibility index (Phi) is 4.79. The number of aromatic nitrogens is 4. The molecule has 1 saturated carbocycles. The molecule has 1 aliphatic carbocycles. The van der Waals surface area contributed by atoms with E-state index in [1.54, 1.807) is 20.8 Å². The lowest BCUT2D eigenvalue weighted by molar-refractivity contribution is 0.0493. The van der Waals surface area contributed by atoms with Crippen LogP contribution in [0.4, 0.5) is 13.6 Å². The number of ether oxygens (including phenoxy) is 1. The number of aromatic amines is 1. The first kappa shape index (κ1) is 20.0. The summed E-state index contributed by atoms with van der Waals surface area (Å²) < 4.78 is 35.3. The number of alkyl carbamates (subject to hydrolysis) is 1. The van der Waals surface area contributed by atoms with E-state index in [0.717, 1.165) is 29.5 Å². The lowest BCUT2D eigenvalue weighted by Gasteiger charge is -2.25. The van der Waals surface area contributed by atoms with Crippen molar-refractivity contribution in [3.8, 4) is 5.82 Å². The van der Waals surface area contributed by atoms with Gasteiger partial charge in [-0.25, -0.2) is 23.1 Å². The highest BCUT2D eigenvalue weighted by molar-refractivity contribution is 5.79. The fraction of sp³-hybridized carbons (Fsp3) is 0.400. The molecule has 0 bridgehead atoms. The Morgan fingerprint density at radius 3 is 2.57 bits per heavy atom. The van der Waals surface area contributed by atoms with Crippen LogP contribution < -0.4 is 10.9 Å². The highest BCUT2D eigenvalue weighted by atomic mass is 19.1. The maximum absolute atomic E-state index is 14.5. The normalized spacial score (nSPS) is 15.2. The minimum atomic E-state index is -0.883. The number of fused-ring (bicyclic) bond motifs is 1. The lowest BCUT2D eigenvalue weighted by atomic mass is 10.1. The van der Waals surface area contributed by atoms with Crippen LogP contribution in [0.3, 0.4) is 0 Å². The summed E-state index contributed by atoms with van der Waals surface area (Å²) in [5.41, 5.74) is -1.91. The summed E-state index contributed by atoms with van der Waals surface area (Å²) in [4.78, 5) is 29.9. The number of nitrogens with one attached hydrogen (secondary N) is 2. The Labute approximate surface area is 170 Å². The van der Waals surface area contributed by atoms with Crippen molar-refractivity contribution >= 4 is 17.0 Å². The van der Waals surface area contributed by atoms with E-state index in [-0.39, 0.29) is 23.1 Å². The first-order valence-corrected chi connectivity index (χ1v) is 9.55. The molecule has 1 fully saturated rings. The maximum Gasteiger partial charge on any atom is 0.408 e. The predicted molar refractivity (Wildman–Crippen MR) is 104 cm³/mol. The monoisotopic (exact) mass is 417 g/mol. The molecule has 4 rings (SSSR count). The zero-order chi connectivity index (χ0) is 21.6. The van der Waals surface area contributed by atoms with Crippen molar-refractivity contribution in [3.05, 3.63) is 52.2 Å². The van der Waals surface area contributed by atoms with Gasteiger partial charge in [0.25, 0.3) is 5.56 Å². The number of hydrogen-bond acceptors (Lipinski definition) is 5. The molecular formula is C20H21F2N5O3. The van der Waals surface area contributed by atoms with Crippen molar-refractivity contribution in [3.63, 3.8) is 0 Å². The predicted octanol–water partition coefficient (Wildman–Crippen LogP) is 3.36.